The zero-order chi connectivity index (χ0) is 9.19. The highest BCUT2D eigenvalue weighted by Crippen LogP contribution is 2.13. The lowest BCUT2D eigenvalue weighted by Crippen LogP contribution is -3.00. The normalized spacial score (nSPS) is 14.0. The number of nitrogens with zero attached hydrogens (tertiary/aromatic N) is 1. The third-order valence-electron chi connectivity index (χ3n) is 1.74. The second-order valence-electron chi connectivity index (χ2n) is 2.57. The van der Waals surface area contributed by atoms with Gasteiger partial charge in [-0.05, 0) is 6.08 Å². The number of imidazole rings is 1. The Hall–Kier alpha value is -0.710. The summed E-state index contributed by atoms with van der Waals surface area (Å²) < 4.78 is 1.75. The van der Waals surface area contributed by atoms with E-state index in [0.29, 0.717) is 5.82 Å². The molecule has 1 unspecified atom stereocenters. The molecule has 0 saturated heterocycles. The number of H-pyrrole nitrogens is 1. The lowest BCUT2D eigenvalue weighted by molar-refractivity contribution is -0.682. The standard InChI is InChI=1S/C8H10N2OS.ClH/c1-3-8(11,6-12)7-9-4-5-10(7)2;/h3-6,11H,1H2,2H3;1H. The van der Waals surface area contributed by atoms with Crippen LogP contribution < -0.4 is 17.0 Å². The molecule has 1 rings (SSSR count). The number of thiocarbonyl (C=S) groups is 1. The molecule has 0 radical (unpaired) electrons. The number of aryl methyl sites for hydroxylation is 1. The van der Waals surface area contributed by atoms with Crippen LogP contribution >= 0.6 is 12.2 Å². The van der Waals surface area contributed by atoms with Crippen molar-refractivity contribution < 1.29 is 22.1 Å². The molecule has 0 spiro atoms. The van der Waals surface area contributed by atoms with Crippen molar-refractivity contribution in [3.05, 3.63) is 30.9 Å². The van der Waals surface area contributed by atoms with Crippen LogP contribution in [0.15, 0.2) is 25.0 Å². The smallest absolute Gasteiger partial charge is 0.295 e. The van der Waals surface area contributed by atoms with E-state index in [1.807, 2.05) is 7.05 Å². The van der Waals surface area contributed by atoms with Crippen molar-refractivity contribution in [2.24, 2.45) is 7.05 Å². The number of rotatable bonds is 3. The SMILES string of the molecule is C=CC(O)(C=S)c1[nH]cc[n+]1C.[Cl-]. The molecule has 13 heavy (non-hydrogen) atoms. The van der Waals surface area contributed by atoms with E-state index in [1.54, 1.807) is 17.0 Å². The maximum Gasteiger partial charge on any atom is 0.295 e. The molecule has 0 fully saturated rings. The summed E-state index contributed by atoms with van der Waals surface area (Å²) in [7, 11) is 1.82. The Labute approximate surface area is 88.5 Å². The monoisotopic (exact) mass is 218 g/mol. The molecule has 1 atom stereocenters. The molecular weight excluding hydrogens is 208 g/mol. The zero-order valence-electron chi connectivity index (χ0n) is 7.20. The zero-order valence-corrected chi connectivity index (χ0v) is 8.77. The second-order valence-corrected chi connectivity index (χ2v) is 2.80. The van der Waals surface area contributed by atoms with E-state index in [1.165, 1.54) is 11.4 Å². The van der Waals surface area contributed by atoms with E-state index in [-0.39, 0.29) is 12.4 Å². The molecule has 0 aliphatic heterocycles. The summed E-state index contributed by atoms with van der Waals surface area (Å²) in [5.74, 6) is 0.604. The first kappa shape index (κ1) is 12.3. The molecular formula is C8H11ClN2OS. The molecule has 0 aromatic carbocycles. The number of nitrogens with one attached hydrogen (secondary N) is 1. The van der Waals surface area contributed by atoms with E-state index in [0.717, 1.165) is 0 Å². The van der Waals surface area contributed by atoms with Crippen LogP contribution in [0.3, 0.4) is 0 Å². The fraction of sp³-hybridized carbons (Fsp3) is 0.250. The number of halogens is 1. The average molecular weight is 219 g/mol. The van der Waals surface area contributed by atoms with Crippen LogP contribution in [0.25, 0.3) is 0 Å². The van der Waals surface area contributed by atoms with Gasteiger partial charge >= 0.3 is 0 Å². The summed E-state index contributed by atoms with van der Waals surface area (Å²) in [6, 6.07) is 0. The topological polar surface area (TPSA) is 39.9 Å². The van der Waals surface area contributed by atoms with Crippen molar-refractivity contribution in [1.29, 1.82) is 0 Å². The predicted octanol–water partition coefficient (Wildman–Crippen LogP) is -2.78. The largest absolute Gasteiger partial charge is 1.00 e. The van der Waals surface area contributed by atoms with Crippen molar-refractivity contribution in [3.8, 4) is 0 Å². The summed E-state index contributed by atoms with van der Waals surface area (Å²) in [6.45, 7) is 3.52. The van der Waals surface area contributed by atoms with E-state index in [4.69, 9.17) is 12.2 Å². The first-order valence-electron chi connectivity index (χ1n) is 3.50. The lowest BCUT2D eigenvalue weighted by atomic mass is 10.1. The molecule has 72 valence electrons. The first-order valence-corrected chi connectivity index (χ1v) is 3.97. The number of aliphatic hydroxyl groups is 1. The predicted molar refractivity (Wildman–Crippen MR) is 49.7 cm³/mol. The van der Waals surface area contributed by atoms with Gasteiger partial charge < -0.3 is 17.5 Å². The lowest BCUT2D eigenvalue weighted by Gasteiger charge is -2.12. The Bertz CT molecular complexity index is 303. The minimum atomic E-state index is -1.24. The van der Waals surface area contributed by atoms with Crippen LogP contribution in [-0.4, -0.2) is 15.5 Å². The highest BCUT2D eigenvalue weighted by Gasteiger charge is 2.32. The molecule has 3 nitrogen and oxygen atoms in total. The highest BCUT2D eigenvalue weighted by molar-refractivity contribution is 7.79. The molecule has 5 heteroatoms. The number of aromatic nitrogens is 2. The fourth-order valence-corrected chi connectivity index (χ4v) is 1.21. The quantitative estimate of drug-likeness (QED) is 0.327. The summed E-state index contributed by atoms with van der Waals surface area (Å²) >= 11 is 4.71. The van der Waals surface area contributed by atoms with Gasteiger partial charge in [0.05, 0.1) is 7.05 Å². The van der Waals surface area contributed by atoms with Crippen molar-refractivity contribution >= 4 is 17.6 Å². The van der Waals surface area contributed by atoms with Gasteiger partial charge in [-0.25, -0.2) is 9.55 Å². The Morgan fingerprint density at radius 2 is 2.38 bits per heavy atom. The Kier molecular flexibility index (Phi) is 4.26. The van der Waals surface area contributed by atoms with Gasteiger partial charge in [0.1, 0.15) is 12.4 Å². The maximum atomic E-state index is 9.84. The van der Waals surface area contributed by atoms with Gasteiger partial charge in [-0.3, -0.25) is 0 Å². The van der Waals surface area contributed by atoms with Crippen molar-refractivity contribution in [2.75, 3.05) is 0 Å². The van der Waals surface area contributed by atoms with Crippen LogP contribution in [0.1, 0.15) is 5.82 Å². The Balaban J connectivity index is 0.00000144. The van der Waals surface area contributed by atoms with Crippen LogP contribution in [0.2, 0.25) is 0 Å². The molecule has 1 aromatic heterocycles. The number of hydrogen-bond acceptors (Lipinski definition) is 2. The summed E-state index contributed by atoms with van der Waals surface area (Å²) in [6.07, 6.45) is 4.91. The van der Waals surface area contributed by atoms with Gasteiger partial charge in [-0.1, -0.05) is 18.8 Å². The van der Waals surface area contributed by atoms with Crippen molar-refractivity contribution in [3.63, 3.8) is 0 Å². The van der Waals surface area contributed by atoms with E-state index in [2.05, 4.69) is 11.6 Å². The Morgan fingerprint density at radius 3 is 2.69 bits per heavy atom. The third-order valence-corrected chi connectivity index (χ3v) is 2.10. The Morgan fingerprint density at radius 1 is 1.77 bits per heavy atom. The minimum absolute atomic E-state index is 0. The van der Waals surface area contributed by atoms with Crippen LogP contribution in [-0.2, 0) is 12.6 Å². The fourth-order valence-electron chi connectivity index (χ4n) is 1.00. The molecule has 0 bridgehead atoms. The van der Waals surface area contributed by atoms with Crippen molar-refractivity contribution in [2.45, 2.75) is 5.60 Å². The highest BCUT2D eigenvalue weighted by atomic mass is 35.5. The van der Waals surface area contributed by atoms with Gasteiger partial charge in [0, 0.05) is 5.37 Å². The van der Waals surface area contributed by atoms with Crippen molar-refractivity contribution in [1.82, 2.24) is 4.98 Å². The minimum Gasteiger partial charge on any atom is -1.00 e. The molecule has 0 aliphatic carbocycles. The van der Waals surface area contributed by atoms with Crippen LogP contribution in [0, 0.1) is 0 Å². The van der Waals surface area contributed by atoms with Gasteiger partial charge in [-0.2, -0.15) is 0 Å². The number of aromatic amines is 1. The van der Waals surface area contributed by atoms with Crippen LogP contribution in [0.4, 0.5) is 0 Å². The van der Waals surface area contributed by atoms with Gasteiger partial charge in [0.15, 0.2) is 0 Å². The maximum absolute atomic E-state index is 9.84. The second kappa shape index (κ2) is 4.50. The molecule has 0 aliphatic rings. The van der Waals surface area contributed by atoms with E-state index < -0.39 is 5.60 Å². The number of hydrogen-bond donors (Lipinski definition) is 2. The summed E-state index contributed by atoms with van der Waals surface area (Å²) in [5.41, 5.74) is -1.24. The molecule has 0 amide bonds. The van der Waals surface area contributed by atoms with E-state index in [9.17, 15) is 5.11 Å². The molecule has 1 heterocycles. The molecule has 0 saturated carbocycles. The van der Waals surface area contributed by atoms with Crippen LogP contribution in [0.5, 0.6) is 0 Å². The average Bonchev–Trinajstić information content (AvgIpc) is 2.51. The molecule has 1 aromatic rings. The van der Waals surface area contributed by atoms with Gasteiger partial charge in [-0.15, -0.1) is 0 Å². The summed E-state index contributed by atoms with van der Waals surface area (Å²) in [4.78, 5) is 2.89. The van der Waals surface area contributed by atoms with E-state index >= 15 is 0 Å². The van der Waals surface area contributed by atoms with Gasteiger partial charge in [0.25, 0.3) is 5.82 Å². The van der Waals surface area contributed by atoms with Gasteiger partial charge in [0.2, 0.25) is 5.60 Å². The third kappa shape index (κ3) is 2.15. The summed E-state index contributed by atoms with van der Waals surface area (Å²) in [5, 5.41) is 11.1. The first-order chi connectivity index (χ1) is 5.64. The molecule has 2 N–H and O–H groups in total.